The maximum Gasteiger partial charge on any atom is 0.249 e. The highest BCUT2D eigenvalue weighted by Gasteiger charge is 2.17. The summed E-state index contributed by atoms with van der Waals surface area (Å²) in [6, 6.07) is 5.30. The second kappa shape index (κ2) is 6.67. The second-order valence-electron chi connectivity index (χ2n) is 5.56. The van der Waals surface area contributed by atoms with E-state index >= 15 is 0 Å². The molecule has 1 aromatic heterocycles. The van der Waals surface area contributed by atoms with Crippen LogP contribution in [0.1, 0.15) is 19.8 Å². The number of benzene rings is 1. The molecule has 2 aromatic rings. The summed E-state index contributed by atoms with van der Waals surface area (Å²) in [5, 5.41) is 12.2. The lowest BCUT2D eigenvalue weighted by molar-refractivity contribution is 0.436. The fraction of sp³-hybridized carbons (Fsp3) is 0.400. The molecule has 22 heavy (non-hydrogen) atoms. The minimum Gasteiger partial charge on any atom is -0.355 e. The van der Waals surface area contributed by atoms with Crippen LogP contribution < -0.4 is 10.2 Å². The zero-order valence-electron chi connectivity index (χ0n) is 12.3. The average Bonchev–Trinajstić information content (AvgIpc) is 2.52. The summed E-state index contributed by atoms with van der Waals surface area (Å²) in [7, 11) is 0. The Hall–Kier alpha value is -1.59. The Balaban J connectivity index is 1.74. The summed E-state index contributed by atoms with van der Waals surface area (Å²) in [6.45, 7) is 4.30. The molecule has 0 unspecified atom stereocenters. The Bertz CT molecular complexity index is 656. The van der Waals surface area contributed by atoms with Crippen LogP contribution in [-0.4, -0.2) is 28.3 Å². The first kappa shape index (κ1) is 15.3. The molecule has 1 N–H and O–H groups in total. The van der Waals surface area contributed by atoms with Crippen molar-refractivity contribution in [2.75, 3.05) is 23.3 Å². The van der Waals surface area contributed by atoms with Crippen LogP contribution in [0.15, 0.2) is 24.4 Å². The van der Waals surface area contributed by atoms with Crippen molar-refractivity contribution < 1.29 is 0 Å². The number of aromatic nitrogens is 3. The predicted octanol–water partition coefficient (Wildman–Crippen LogP) is 4.16. The van der Waals surface area contributed by atoms with Crippen LogP contribution in [0.5, 0.6) is 0 Å². The molecule has 1 aromatic carbocycles. The highest BCUT2D eigenvalue weighted by atomic mass is 35.5. The van der Waals surface area contributed by atoms with Crippen molar-refractivity contribution >= 4 is 40.7 Å². The van der Waals surface area contributed by atoms with Gasteiger partial charge in [0.05, 0.1) is 16.2 Å². The molecule has 2 heterocycles. The van der Waals surface area contributed by atoms with Crippen molar-refractivity contribution in [3.8, 4) is 0 Å². The standard InChI is InChI=1S/C15H17Cl2N5/c1-10-4-6-22(7-5-10)14-9-18-21-15(20-14)19-11-2-3-12(16)13(17)8-11/h2-3,8-10H,4-7H2,1H3,(H,19,20,21). The van der Waals surface area contributed by atoms with Gasteiger partial charge in [0.25, 0.3) is 0 Å². The fourth-order valence-electron chi connectivity index (χ4n) is 2.44. The quantitative estimate of drug-likeness (QED) is 0.911. The molecule has 3 rings (SSSR count). The molecule has 1 aliphatic heterocycles. The summed E-state index contributed by atoms with van der Waals surface area (Å²) in [6.07, 6.45) is 4.06. The van der Waals surface area contributed by atoms with Crippen LogP contribution in [0.3, 0.4) is 0 Å². The summed E-state index contributed by atoms with van der Waals surface area (Å²) in [5.74, 6) is 2.08. The molecule has 1 aliphatic rings. The first-order valence-electron chi connectivity index (χ1n) is 7.28. The molecule has 0 amide bonds. The second-order valence-corrected chi connectivity index (χ2v) is 6.38. The molecule has 5 nitrogen and oxygen atoms in total. The Morgan fingerprint density at radius 1 is 1.18 bits per heavy atom. The molecule has 1 fully saturated rings. The van der Waals surface area contributed by atoms with E-state index in [4.69, 9.17) is 23.2 Å². The predicted molar refractivity (Wildman–Crippen MR) is 90.2 cm³/mol. The van der Waals surface area contributed by atoms with E-state index in [0.29, 0.717) is 16.0 Å². The zero-order valence-corrected chi connectivity index (χ0v) is 13.8. The first-order chi connectivity index (χ1) is 10.6. The van der Waals surface area contributed by atoms with E-state index in [1.165, 1.54) is 12.8 Å². The van der Waals surface area contributed by atoms with Gasteiger partial charge in [0.1, 0.15) is 0 Å². The van der Waals surface area contributed by atoms with Crippen molar-refractivity contribution in [3.63, 3.8) is 0 Å². The van der Waals surface area contributed by atoms with Crippen LogP contribution in [0.25, 0.3) is 0 Å². The van der Waals surface area contributed by atoms with Crippen molar-refractivity contribution in [2.24, 2.45) is 5.92 Å². The van der Waals surface area contributed by atoms with Crippen LogP contribution in [0.2, 0.25) is 10.0 Å². The first-order valence-corrected chi connectivity index (χ1v) is 8.04. The van der Waals surface area contributed by atoms with Crippen molar-refractivity contribution in [1.82, 2.24) is 15.2 Å². The Kier molecular flexibility index (Phi) is 4.64. The van der Waals surface area contributed by atoms with E-state index in [2.05, 4.69) is 32.3 Å². The lowest BCUT2D eigenvalue weighted by Gasteiger charge is -2.30. The van der Waals surface area contributed by atoms with Gasteiger partial charge in [-0.3, -0.25) is 0 Å². The van der Waals surface area contributed by atoms with Gasteiger partial charge < -0.3 is 10.2 Å². The number of rotatable bonds is 3. The SMILES string of the molecule is CC1CCN(c2cnnc(Nc3ccc(Cl)c(Cl)c3)n2)CC1. The third-order valence-corrected chi connectivity index (χ3v) is 4.57. The maximum absolute atomic E-state index is 6.01. The highest BCUT2D eigenvalue weighted by molar-refractivity contribution is 6.42. The zero-order chi connectivity index (χ0) is 15.5. The lowest BCUT2D eigenvalue weighted by Crippen LogP contribution is -2.33. The van der Waals surface area contributed by atoms with Gasteiger partial charge in [-0.1, -0.05) is 30.1 Å². The van der Waals surface area contributed by atoms with Crippen molar-refractivity contribution in [3.05, 3.63) is 34.4 Å². The summed E-state index contributed by atoms with van der Waals surface area (Å²) >= 11 is 11.9. The summed E-state index contributed by atoms with van der Waals surface area (Å²) in [5.41, 5.74) is 0.778. The van der Waals surface area contributed by atoms with E-state index in [1.807, 2.05) is 6.07 Å². The molecule has 7 heteroatoms. The maximum atomic E-state index is 6.01. The smallest absolute Gasteiger partial charge is 0.249 e. The normalized spacial score (nSPS) is 15.9. The van der Waals surface area contributed by atoms with Crippen molar-refractivity contribution in [1.29, 1.82) is 0 Å². The van der Waals surface area contributed by atoms with Gasteiger partial charge in [0.15, 0.2) is 5.82 Å². The van der Waals surface area contributed by atoms with Crippen LogP contribution in [0, 0.1) is 5.92 Å². The van der Waals surface area contributed by atoms with Crippen molar-refractivity contribution in [2.45, 2.75) is 19.8 Å². The average molecular weight is 338 g/mol. The fourth-order valence-corrected chi connectivity index (χ4v) is 2.74. The number of hydrogen-bond donors (Lipinski definition) is 1. The van der Waals surface area contributed by atoms with Gasteiger partial charge in [-0.2, -0.15) is 10.1 Å². The number of hydrogen-bond acceptors (Lipinski definition) is 5. The molecule has 0 spiro atoms. The van der Waals surface area contributed by atoms with E-state index in [9.17, 15) is 0 Å². The van der Waals surface area contributed by atoms with E-state index in [1.54, 1.807) is 18.3 Å². The summed E-state index contributed by atoms with van der Waals surface area (Å²) < 4.78 is 0. The monoisotopic (exact) mass is 337 g/mol. The summed E-state index contributed by atoms with van der Waals surface area (Å²) in [4.78, 5) is 6.78. The van der Waals surface area contributed by atoms with Gasteiger partial charge in [-0.15, -0.1) is 5.10 Å². The molecule has 0 saturated carbocycles. The van der Waals surface area contributed by atoms with Crippen LogP contribution in [-0.2, 0) is 0 Å². The van der Waals surface area contributed by atoms with Crippen LogP contribution in [0.4, 0.5) is 17.5 Å². The van der Waals surface area contributed by atoms with E-state index < -0.39 is 0 Å². The molecule has 0 bridgehead atoms. The molecule has 0 radical (unpaired) electrons. The van der Waals surface area contributed by atoms with Gasteiger partial charge in [0.2, 0.25) is 5.95 Å². The molecule has 116 valence electrons. The molecule has 0 atom stereocenters. The Morgan fingerprint density at radius 2 is 1.95 bits per heavy atom. The molecule has 0 aliphatic carbocycles. The number of anilines is 3. The minimum atomic E-state index is 0.453. The topological polar surface area (TPSA) is 53.9 Å². The highest BCUT2D eigenvalue weighted by Crippen LogP contribution is 2.27. The van der Waals surface area contributed by atoms with Crippen LogP contribution >= 0.6 is 23.2 Å². The number of nitrogens with zero attached hydrogens (tertiary/aromatic N) is 4. The van der Waals surface area contributed by atoms with E-state index in [0.717, 1.165) is 30.5 Å². The third-order valence-electron chi connectivity index (χ3n) is 3.83. The largest absolute Gasteiger partial charge is 0.355 e. The van der Waals surface area contributed by atoms with Gasteiger partial charge >= 0.3 is 0 Å². The Morgan fingerprint density at radius 3 is 2.68 bits per heavy atom. The lowest BCUT2D eigenvalue weighted by atomic mass is 9.99. The number of piperidine rings is 1. The van der Waals surface area contributed by atoms with Gasteiger partial charge in [-0.05, 0) is 37.0 Å². The van der Waals surface area contributed by atoms with E-state index in [-0.39, 0.29) is 0 Å². The van der Waals surface area contributed by atoms with Gasteiger partial charge in [0, 0.05) is 18.8 Å². The number of halogens is 2. The number of nitrogens with one attached hydrogen (secondary N) is 1. The molecular formula is C15H17Cl2N5. The minimum absolute atomic E-state index is 0.453. The van der Waals surface area contributed by atoms with Gasteiger partial charge in [-0.25, -0.2) is 0 Å². The Labute approximate surface area is 139 Å². The molecular weight excluding hydrogens is 321 g/mol. The molecule has 1 saturated heterocycles. The third kappa shape index (κ3) is 3.59.